The van der Waals surface area contributed by atoms with Crippen molar-refractivity contribution in [1.29, 1.82) is 0 Å². The fourth-order valence-corrected chi connectivity index (χ4v) is 3.11. The standard InChI is InChI=1S/C18H20N2O4S/c1-3-13-20(14-15-7-5-4-6-8-15)18(21)16-9-11-17(12-10-16)25(22,23)19-24-2/h3-12,19H,1,13-14H2,2H3. The van der Waals surface area contributed by atoms with Gasteiger partial charge in [0.05, 0.1) is 12.0 Å². The summed E-state index contributed by atoms with van der Waals surface area (Å²) in [5, 5.41) is 0. The molecular formula is C18H20N2O4S. The van der Waals surface area contributed by atoms with Gasteiger partial charge in [0.15, 0.2) is 0 Å². The molecule has 1 amide bonds. The number of hydrogen-bond acceptors (Lipinski definition) is 4. The van der Waals surface area contributed by atoms with E-state index in [1.165, 1.54) is 31.4 Å². The van der Waals surface area contributed by atoms with Gasteiger partial charge in [-0.2, -0.15) is 0 Å². The lowest BCUT2D eigenvalue weighted by atomic mass is 10.1. The maximum atomic E-state index is 12.7. The van der Waals surface area contributed by atoms with Crippen LogP contribution in [0, 0.1) is 0 Å². The number of carbonyl (C=O) groups is 1. The molecule has 0 bridgehead atoms. The van der Waals surface area contributed by atoms with Crippen LogP contribution in [0.4, 0.5) is 0 Å². The zero-order valence-electron chi connectivity index (χ0n) is 13.9. The van der Waals surface area contributed by atoms with E-state index in [0.717, 1.165) is 5.56 Å². The van der Waals surface area contributed by atoms with Gasteiger partial charge in [-0.05, 0) is 29.8 Å². The summed E-state index contributed by atoms with van der Waals surface area (Å²) in [6.45, 7) is 4.52. The molecule has 2 aromatic rings. The lowest BCUT2D eigenvalue weighted by Gasteiger charge is -2.21. The normalized spacial score (nSPS) is 11.1. The number of sulfonamides is 1. The summed E-state index contributed by atoms with van der Waals surface area (Å²) in [4.78, 5) is 20.7. The highest BCUT2D eigenvalue weighted by molar-refractivity contribution is 7.89. The first-order chi connectivity index (χ1) is 12.0. The van der Waals surface area contributed by atoms with Crippen LogP contribution in [0.1, 0.15) is 15.9 Å². The van der Waals surface area contributed by atoms with Gasteiger partial charge in [-0.1, -0.05) is 41.3 Å². The Morgan fingerprint density at radius 3 is 2.36 bits per heavy atom. The Bertz CT molecular complexity index is 818. The Morgan fingerprint density at radius 1 is 1.16 bits per heavy atom. The van der Waals surface area contributed by atoms with Gasteiger partial charge in [-0.3, -0.25) is 9.63 Å². The first-order valence-electron chi connectivity index (χ1n) is 7.57. The van der Waals surface area contributed by atoms with Crippen LogP contribution in [0.15, 0.2) is 72.1 Å². The summed E-state index contributed by atoms with van der Waals surface area (Å²) in [7, 11) is -2.53. The van der Waals surface area contributed by atoms with Gasteiger partial charge in [0.2, 0.25) is 0 Å². The lowest BCUT2D eigenvalue weighted by molar-refractivity contribution is 0.0762. The minimum Gasteiger partial charge on any atom is -0.331 e. The quantitative estimate of drug-likeness (QED) is 0.579. The van der Waals surface area contributed by atoms with Crippen LogP contribution in [0.2, 0.25) is 0 Å². The average molecular weight is 360 g/mol. The summed E-state index contributed by atoms with van der Waals surface area (Å²) in [6, 6.07) is 15.3. The maximum Gasteiger partial charge on any atom is 0.262 e. The minimum absolute atomic E-state index is 0.0178. The summed E-state index contributed by atoms with van der Waals surface area (Å²) < 4.78 is 23.7. The number of hydrogen-bond donors (Lipinski definition) is 1. The molecule has 0 unspecified atom stereocenters. The fourth-order valence-electron chi connectivity index (χ4n) is 2.30. The molecule has 7 heteroatoms. The van der Waals surface area contributed by atoms with Gasteiger partial charge >= 0.3 is 0 Å². The number of nitrogens with one attached hydrogen (secondary N) is 1. The van der Waals surface area contributed by atoms with Crippen molar-refractivity contribution >= 4 is 15.9 Å². The third kappa shape index (κ3) is 4.99. The SMILES string of the molecule is C=CCN(Cc1ccccc1)C(=O)c1ccc(S(=O)(=O)NOC)cc1. The van der Waals surface area contributed by atoms with E-state index in [1.54, 1.807) is 11.0 Å². The van der Waals surface area contributed by atoms with Crippen LogP contribution in [0.25, 0.3) is 0 Å². The first-order valence-corrected chi connectivity index (χ1v) is 9.05. The zero-order chi connectivity index (χ0) is 18.3. The van der Waals surface area contributed by atoms with Crippen molar-refractivity contribution in [3.63, 3.8) is 0 Å². The largest absolute Gasteiger partial charge is 0.331 e. The highest BCUT2D eigenvalue weighted by Gasteiger charge is 2.18. The number of amides is 1. The Kier molecular flexibility index (Phi) is 6.46. The Labute approximate surface area is 147 Å². The molecule has 0 radical (unpaired) electrons. The van der Waals surface area contributed by atoms with Crippen molar-refractivity contribution in [3.05, 3.63) is 78.4 Å². The van der Waals surface area contributed by atoms with E-state index >= 15 is 0 Å². The molecule has 0 spiro atoms. The lowest BCUT2D eigenvalue weighted by Crippen LogP contribution is -2.30. The smallest absolute Gasteiger partial charge is 0.262 e. The molecule has 0 aliphatic rings. The van der Waals surface area contributed by atoms with Gasteiger partial charge < -0.3 is 4.90 Å². The van der Waals surface area contributed by atoms with Gasteiger partial charge in [-0.15, -0.1) is 6.58 Å². The van der Waals surface area contributed by atoms with Crippen molar-refractivity contribution in [3.8, 4) is 0 Å². The molecule has 2 aromatic carbocycles. The van der Waals surface area contributed by atoms with Crippen molar-refractivity contribution < 1.29 is 18.0 Å². The molecule has 25 heavy (non-hydrogen) atoms. The zero-order valence-corrected chi connectivity index (χ0v) is 14.7. The molecule has 132 valence electrons. The topological polar surface area (TPSA) is 75.7 Å². The molecule has 0 fully saturated rings. The van der Waals surface area contributed by atoms with E-state index in [4.69, 9.17) is 0 Å². The molecule has 2 rings (SSSR count). The average Bonchev–Trinajstić information content (AvgIpc) is 2.62. The Hall–Kier alpha value is -2.48. The first kappa shape index (κ1) is 18.9. The van der Waals surface area contributed by atoms with E-state index in [1.807, 2.05) is 35.2 Å². The second-order valence-corrected chi connectivity index (χ2v) is 6.92. The van der Waals surface area contributed by atoms with Crippen LogP contribution in [0.3, 0.4) is 0 Å². The number of carbonyl (C=O) groups excluding carboxylic acids is 1. The molecule has 0 aliphatic carbocycles. The Morgan fingerprint density at radius 2 is 1.80 bits per heavy atom. The van der Waals surface area contributed by atoms with E-state index in [9.17, 15) is 13.2 Å². The molecule has 0 aliphatic heterocycles. The van der Waals surface area contributed by atoms with Crippen LogP contribution in [0.5, 0.6) is 0 Å². The van der Waals surface area contributed by atoms with E-state index in [-0.39, 0.29) is 10.8 Å². The molecule has 6 nitrogen and oxygen atoms in total. The maximum absolute atomic E-state index is 12.7. The van der Waals surface area contributed by atoms with Crippen LogP contribution >= 0.6 is 0 Å². The van der Waals surface area contributed by atoms with E-state index in [0.29, 0.717) is 18.7 Å². The summed E-state index contributed by atoms with van der Waals surface area (Å²) >= 11 is 0. The molecule has 0 saturated carbocycles. The van der Waals surface area contributed by atoms with E-state index in [2.05, 4.69) is 11.4 Å². The summed E-state index contributed by atoms with van der Waals surface area (Å²) in [5.74, 6) is -0.201. The highest BCUT2D eigenvalue weighted by atomic mass is 32.2. The predicted octanol–water partition coefficient (Wildman–Crippen LogP) is 2.35. The number of benzene rings is 2. The Balaban J connectivity index is 2.20. The highest BCUT2D eigenvalue weighted by Crippen LogP contribution is 2.14. The molecular weight excluding hydrogens is 340 g/mol. The van der Waals surface area contributed by atoms with Crippen molar-refractivity contribution in [2.24, 2.45) is 0 Å². The van der Waals surface area contributed by atoms with Gasteiger partial charge in [0, 0.05) is 18.7 Å². The molecule has 0 heterocycles. The molecule has 0 atom stereocenters. The van der Waals surface area contributed by atoms with Crippen molar-refractivity contribution in [2.75, 3.05) is 13.7 Å². The van der Waals surface area contributed by atoms with Crippen LogP contribution in [-0.4, -0.2) is 32.9 Å². The molecule has 1 N–H and O–H groups in total. The second kappa shape index (κ2) is 8.57. The summed E-state index contributed by atoms with van der Waals surface area (Å²) in [5.41, 5.74) is 1.40. The van der Waals surface area contributed by atoms with Crippen molar-refractivity contribution in [2.45, 2.75) is 11.4 Å². The minimum atomic E-state index is -3.75. The van der Waals surface area contributed by atoms with Crippen LogP contribution < -0.4 is 4.89 Å². The van der Waals surface area contributed by atoms with Crippen LogP contribution in [-0.2, 0) is 21.4 Å². The fraction of sp³-hybridized carbons (Fsp3) is 0.167. The third-order valence-electron chi connectivity index (χ3n) is 3.46. The third-order valence-corrected chi connectivity index (χ3v) is 4.74. The van der Waals surface area contributed by atoms with E-state index < -0.39 is 10.0 Å². The number of nitrogens with zero attached hydrogens (tertiary/aromatic N) is 1. The van der Waals surface area contributed by atoms with Gasteiger partial charge in [0.1, 0.15) is 0 Å². The molecule has 0 aromatic heterocycles. The van der Waals surface area contributed by atoms with Gasteiger partial charge in [-0.25, -0.2) is 8.42 Å². The monoisotopic (exact) mass is 360 g/mol. The second-order valence-electron chi connectivity index (χ2n) is 5.28. The van der Waals surface area contributed by atoms with Gasteiger partial charge in [0.25, 0.3) is 15.9 Å². The number of rotatable bonds is 8. The predicted molar refractivity (Wildman–Crippen MR) is 95.2 cm³/mol. The summed E-state index contributed by atoms with van der Waals surface area (Å²) in [6.07, 6.45) is 1.65. The molecule has 0 saturated heterocycles. The van der Waals surface area contributed by atoms with Crippen molar-refractivity contribution in [1.82, 2.24) is 9.79 Å².